The molecule has 1 heterocycles. The summed E-state index contributed by atoms with van der Waals surface area (Å²) in [6, 6.07) is 8.92. The van der Waals surface area contributed by atoms with Crippen LogP contribution in [0.5, 0.6) is 17.2 Å². The summed E-state index contributed by atoms with van der Waals surface area (Å²) in [4.78, 5) is 27.7. The van der Waals surface area contributed by atoms with Crippen LogP contribution in [0.25, 0.3) is 0 Å². The molecule has 31 heavy (non-hydrogen) atoms. The maximum atomic E-state index is 13.2. The molecule has 0 N–H and O–H groups in total. The molecule has 0 unspecified atom stereocenters. The molecular weight excluding hydrogens is 417 g/mol. The quantitative estimate of drug-likeness (QED) is 0.693. The van der Waals surface area contributed by atoms with Crippen molar-refractivity contribution in [3.05, 3.63) is 47.5 Å². The van der Waals surface area contributed by atoms with E-state index in [4.69, 9.17) is 14.2 Å². The predicted octanol–water partition coefficient (Wildman–Crippen LogP) is 3.26. The highest BCUT2D eigenvalue weighted by Crippen LogP contribution is 2.36. The molecule has 166 valence electrons. The Morgan fingerprint density at radius 1 is 0.968 bits per heavy atom. The smallest absolute Gasteiger partial charge is 0.406 e. The molecule has 2 aromatic rings. The van der Waals surface area contributed by atoms with Crippen molar-refractivity contribution in [2.45, 2.75) is 12.7 Å². The first-order chi connectivity index (χ1) is 14.7. The Hall–Kier alpha value is -3.43. The molecule has 0 saturated heterocycles. The third-order valence-electron chi connectivity index (χ3n) is 4.84. The molecule has 0 spiro atoms. The van der Waals surface area contributed by atoms with Crippen molar-refractivity contribution in [1.29, 1.82) is 0 Å². The SMILES string of the molecule is COc1cc(OC)c(CN2CC(=O)N(CC(F)(F)F)c3ccccc3C2=O)c(OC)c1. The fraction of sp³-hybridized carbons (Fsp3) is 0.333. The lowest BCUT2D eigenvalue weighted by Crippen LogP contribution is -2.43. The number of hydrogen-bond acceptors (Lipinski definition) is 5. The maximum Gasteiger partial charge on any atom is 0.406 e. The molecule has 2 aromatic carbocycles. The van der Waals surface area contributed by atoms with E-state index >= 15 is 0 Å². The second-order valence-electron chi connectivity index (χ2n) is 6.78. The van der Waals surface area contributed by atoms with Gasteiger partial charge in [-0.3, -0.25) is 9.59 Å². The van der Waals surface area contributed by atoms with E-state index in [0.717, 1.165) is 0 Å². The molecule has 7 nitrogen and oxygen atoms in total. The van der Waals surface area contributed by atoms with Crippen molar-refractivity contribution in [2.75, 3.05) is 39.3 Å². The van der Waals surface area contributed by atoms with Gasteiger partial charge in [-0.15, -0.1) is 0 Å². The third kappa shape index (κ3) is 4.68. The van der Waals surface area contributed by atoms with Crippen molar-refractivity contribution >= 4 is 17.5 Å². The van der Waals surface area contributed by atoms with Gasteiger partial charge in [0.25, 0.3) is 5.91 Å². The summed E-state index contributed by atoms with van der Waals surface area (Å²) in [6.07, 6.45) is -4.62. The molecule has 10 heteroatoms. The van der Waals surface area contributed by atoms with Gasteiger partial charge in [0.2, 0.25) is 5.91 Å². The number of ether oxygens (including phenoxy) is 3. The Labute approximate surface area is 176 Å². The van der Waals surface area contributed by atoms with Gasteiger partial charge < -0.3 is 24.0 Å². The average Bonchev–Trinajstić information content (AvgIpc) is 2.83. The molecule has 1 aliphatic heterocycles. The number of nitrogens with zero attached hydrogens (tertiary/aromatic N) is 2. The van der Waals surface area contributed by atoms with Crippen molar-refractivity contribution in [2.24, 2.45) is 0 Å². The minimum Gasteiger partial charge on any atom is -0.496 e. The number of hydrogen-bond donors (Lipinski definition) is 0. The van der Waals surface area contributed by atoms with Crippen LogP contribution in [0.4, 0.5) is 18.9 Å². The summed E-state index contributed by atoms with van der Waals surface area (Å²) >= 11 is 0. The molecule has 0 fully saturated rings. The zero-order valence-corrected chi connectivity index (χ0v) is 17.2. The van der Waals surface area contributed by atoms with E-state index in [1.807, 2.05) is 0 Å². The van der Waals surface area contributed by atoms with E-state index in [2.05, 4.69) is 0 Å². The lowest BCUT2D eigenvalue weighted by atomic mass is 10.1. The largest absolute Gasteiger partial charge is 0.496 e. The Morgan fingerprint density at radius 2 is 1.58 bits per heavy atom. The van der Waals surface area contributed by atoms with Crippen LogP contribution in [0.2, 0.25) is 0 Å². The molecule has 0 atom stereocenters. The molecule has 0 aromatic heterocycles. The molecule has 0 radical (unpaired) electrons. The monoisotopic (exact) mass is 438 g/mol. The zero-order chi connectivity index (χ0) is 22.8. The van der Waals surface area contributed by atoms with Crippen LogP contribution in [0, 0.1) is 0 Å². The summed E-state index contributed by atoms with van der Waals surface area (Å²) in [6.45, 7) is -2.14. The number of alkyl halides is 3. The Kier molecular flexibility index (Phi) is 6.28. The zero-order valence-electron chi connectivity index (χ0n) is 17.2. The van der Waals surface area contributed by atoms with Gasteiger partial charge in [0.15, 0.2) is 0 Å². The van der Waals surface area contributed by atoms with Crippen molar-refractivity contribution in [3.8, 4) is 17.2 Å². The van der Waals surface area contributed by atoms with Crippen LogP contribution in [0.1, 0.15) is 15.9 Å². The molecule has 2 amide bonds. The first-order valence-electron chi connectivity index (χ1n) is 9.22. The van der Waals surface area contributed by atoms with Crippen molar-refractivity contribution in [1.82, 2.24) is 4.90 Å². The number of halogens is 3. The van der Waals surface area contributed by atoms with Gasteiger partial charge in [0.05, 0.1) is 44.7 Å². The normalized spacial score (nSPS) is 14.3. The lowest BCUT2D eigenvalue weighted by molar-refractivity contribution is -0.132. The molecule has 1 aliphatic rings. The molecule has 0 saturated carbocycles. The number of fused-ring (bicyclic) bond motifs is 1. The van der Waals surface area contributed by atoms with E-state index in [-0.39, 0.29) is 17.8 Å². The number of benzene rings is 2. The van der Waals surface area contributed by atoms with Gasteiger partial charge in [-0.2, -0.15) is 13.2 Å². The second-order valence-corrected chi connectivity index (χ2v) is 6.78. The summed E-state index contributed by atoms with van der Waals surface area (Å²) < 4.78 is 55.3. The molecular formula is C21H21F3N2O5. The Morgan fingerprint density at radius 3 is 2.13 bits per heavy atom. The molecule has 0 bridgehead atoms. The van der Waals surface area contributed by atoms with E-state index in [1.54, 1.807) is 12.1 Å². The topological polar surface area (TPSA) is 68.3 Å². The van der Waals surface area contributed by atoms with Crippen LogP contribution in [0.3, 0.4) is 0 Å². The minimum absolute atomic E-state index is 0.00375. The fourth-order valence-corrected chi connectivity index (χ4v) is 3.42. The Bertz CT molecular complexity index is 968. The summed E-state index contributed by atoms with van der Waals surface area (Å²) in [5.74, 6) is -0.268. The predicted molar refractivity (Wildman–Crippen MR) is 106 cm³/mol. The van der Waals surface area contributed by atoms with Crippen LogP contribution in [-0.2, 0) is 11.3 Å². The van der Waals surface area contributed by atoms with Crippen LogP contribution >= 0.6 is 0 Å². The van der Waals surface area contributed by atoms with E-state index in [9.17, 15) is 22.8 Å². The van der Waals surface area contributed by atoms with Crippen LogP contribution < -0.4 is 19.1 Å². The number of anilines is 1. The van der Waals surface area contributed by atoms with Crippen molar-refractivity contribution in [3.63, 3.8) is 0 Å². The van der Waals surface area contributed by atoms with Gasteiger partial charge in [0.1, 0.15) is 30.3 Å². The van der Waals surface area contributed by atoms with Gasteiger partial charge in [-0.1, -0.05) is 12.1 Å². The maximum absolute atomic E-state index is 13.2. The van der Waals surface area contributed by atoms with E-state index in [1.165, 1.54) is 50.5 Å². The van der Waals surface area contributed by atoms with Gasteiger partial charge in [0, 0.05) is 12.1 Å². The number of carbonyl (C=O) groups excluding carboxylic acids is 2. The number of para-hydroxylation sites is 1. The second kappa shape index (κ2) is 8.75. The third-order valence-corrected chi connectivity index (χ3v) is 4.84. The number of rotatable bonds is 6. The summed E-state index contributed by atoms with van der Waals surface area (Å²) in [7, 11) is 4.32. The first kappa shape index (κ1) is 22.3. The minimum atomic E-state index is -4.62. The van der Waals surface area contributed by atoms with Crippen molar-refractivity contribution < 1.29 is 37.0 Å². The number of carbonyl (C=O) groups is 2. The standard InChI is InChI=1S/C21H21F3N2O5/c1-29-13-8-17(30-2)15(18(9-13)31-3)10-25-11-19(27)26(12-21(22,23)24)16-7-5-4-6-14(16)20(25)28/h4-9H,10-12H2,1-3H3. The highest BCUT2D eigenvalue weighted by molar-refractivity contribution is 6.09. The van der Waals surface area contributed by atoms with Gasteiger partial charge in [-0.05, 0) is 12.1 Å². The highest BCUT2D eigenvalue weighted by Gasteiger charge is 2.39. The van der Waals surface area contributed by atoms with Gasteiger partial charge >= 0.3 is 6.18 Å². The fourth-order valence-electron chi connectivity index (χ4n) is 3.42. The first-order valence-corrected chi connectivity index (χ1v) is 9.22. The summed E-state index contributed by atoms with van der Waals surface area (Å²) in [5.41, 5.74) is 0.378. The summed E-state index contributed by atoms with van der Waals surface area (Å²) in [5, 5.41) is 0. The Balaban J connectivity index is 2.04. The highest BCUT2D eigenvalue weighted by atomic mass is 19.4. The van der Waals surface area contributed by atoms with Crippen LogP contribution in [-0.4, -0.2) is 57.3 Å². The number of methoxy groups -OCH3 is 3. The van der Waals surface area contributed by atoms with Crippen LogP contribution in [0.15, 0.2) is 36.4 Å². The van der Waals surface area contributed by atoms with E-state index < -0.39 is 31.1 Å². The van der Waals surface area contributed by atoms with Gasteiger partial charge in [-0.25, -0.2) is 0 Å². The molecule has 3 rings (SSSR count). The lowest BCUT2D eigenvalue weighted by Gasteiger charge is -2.24. The van der Waals surface area contributed by atoms with E-state index in [0.29, 0.717) is 27.7 Å². The number of amides is 2. The molecule has 0 aliphatic carbocycles. The average molecular weight is 438 g/mol.